The van der Waals surface area contributed by atoms with Crippen LogP contribution in [0, 0.1) is 12.7 Å². The molecule has 168 valence electrons. The molecule has 1 aliphatic heterocycles. The number of sulfonamides is 1. The molecule has 1 N–H and O–H groups in total. The number of amides is 1. The van der Waals surface area contributed by atoms with Crippen LogP contribution in [-0.2, 0) is 10.0 Å². The van der Waals surface area contributed by atoms with Gasteiger partial charge in [-0.25, -0.2) is 12.8 Å². The van der Waals surface area contributed by atoms with Gasteiger partial charge in [0.15, 0.2) is 0 Å². The number of likely N-dealkylation sites (tertiary alicyclic amines) is 1. The number of carbonyl (C=O) groups is 1. The molecule has 2 heterocycles. The van der Waals surface area contributed by atoms with E-state index < -0.39 is 15.8 Å². The number of aryl methyl sites for hydroxylation is 1. The van der Waals surface area contributed by atoms with E-state index in [0.29, 0.717) is 24.2 Å². The van der Waals surface area contributed by atoms with Gasteiger partial charge in [0.25, 0.3) is 10.0 Å². The molecule has 4 rings (SSSR count). The molecule has 8 nitrogen and oxygen atoms in total. The third-order valence-corrected chi connectivity index (χ3v) is 6.84. The number of hydrogen-bond donors (Lipinski definition) is 1. The van der Waals surface area contributed by atoms with Crippen LogP contribution in [-0.4, -0.2) is 42.5 Å². The first-order valence-corrected chi connectivity index (χ1v) is 11.8. The van der Waals surface area contributed by atoms with E-state index in [1.165, 1.54) is 24.3 Å². The minimum absolute atomic E-state index is 0.00976. The summed E-state index contributed by atoms with van der Waals surface area (Å²) in [6.07, 6.45) is 4.04. The molecule has 0 bridgehead atoms. The summed E-state index contributed by atoms with van der Waals surface area (Å²) in [6, 6.07) is 9.87. The molecule has 10 heteroatoms. The number of rotatable bonds is 5. The second kappa shape index (κ2) is 9.07. The van der Waals surface area contributed by atoms with E-state index in [4.69, 9.17) is 4.52 Å². The Morgan fingerprint density at radius 3 is 2.56 bits per heavy atom. The number of benzene rings is 2. The molecule has 0 aliphatic carbocycles. The molecule has 32 heavy (non-hydrogen) atoms. The molecule has 0 atom stereocenters. The van der Waals surface area contributed by atoms with E-state index in [-0.39, 0.29) is 28.2 Å². The zero-order chi connectivity index (χ0) is 22.7. The summed E-state index contributed by atoms with van der Waals surface area (Å²) in [6.45, 7) is 2.94. The van der Waals surface area contributed by atoms with Gasteiger partial charge in [-0.05, 0) is 49.6 Å². The topological polar surface area (TPSA) is 105 Å². The van der Waals surface area contributed by atoms with E-state index in [2.05, 4.69) is 14.9 Å². The molecule has 0 spiro atoms. The predicted octanol–water partition coefficient (Wildman–Crippen LogP) is 4.00. The Bertz CT molecular complexity index is 1230. The second-order valence-corrected chi connectivity index (χ2v) is 9.38. The van der Waals surface area contributed by atoms with Crippen molar-refractivity contribution in [3.05, 3.63) is 59.7 Å². The average Bonchev–Trinajstić information content (AvgIpc) is 3.08. The van der Waals surface area contributed by atoms with Crippen LogP contribution in [0.15, 0.2) is 51.9 Å². The largest absolute Gasteiger partial charge is 0.334 e. The summed E-state index contributed by atoms with van der Waals surface area (Å²) in [5.74, 6) is -0.877. The number of carbonyl (C=O) groups excluding carboxylic acids is 1. The first kappa shape index (κ1) is 21.9. The zero-order valence-corrected chi connectivity index (χ0v) is 18.4. The van der Waals surface area contributed by atoms with Crippen LogP contribution in [0.25, 0.3) is 11.4 Å². The van der Waals surface area contributed by atoms with Crippen LogP contribution in [0.5, 0.6) is 0 Å². The van der Waals surface area contributed by atoms with E-state index in [0.717, 1.165) is 31.7 Å². The molecule has 0 unspecified atom stereocenters. The van der Waals surface area contributed by atoms with E-state index in [1.54, 1.807) is 24.0 Å². The van der Waals surface area contributed by atoms with Crippen LogP contribution in [0.2, 0.25) is 0 Å². The normalized spacial score (nSPS) is 14.8. The lowest BCUT2D eigenvalue weighted by Gasteiger charge is -2.17. The molecule has 1 aliphatic rings. The fourth-order valence-electron chi connectivity index (χ4n) is 3.63. The SMILES string of the molecule is Cc1ccc(-c2noc(C(=O)N3CCCCCC3)n2)cc1S(=O)(=O)Nc1cccc(F)c1. The van der Waals surface area contributed by atoms with Gasteiger partial charge in [0, 0.05) is 18.7 Å². The Morgan fingerprint density at radius 1 is 1.09 bits per heavy atom. The Hall–Kier alpha value is -3.27. The zero-order valence-electron chi connectivity index (χ0n) is 17.5. The minimum Gasteiger partial charge on any atom is -0.334 e. The first-order valence-electron chi connectivity index (χ1n) is 10.4. The second-order valence-electron chi connectivity index (χ2n) is 7.73. The van der Waals surface area contributed by atoms with Crippen molar-refractivity contribution in [3.8, 4) is 11.4 Å². The standard InChI is InChI=1S/C22H23FN4O4S/c1-15-9-10-16(13-19(15)32(29,30)26-18-8-6-7-17(23)14-18)20-24-21(31-25-20)22(28)27-11-4-2-3-5-12-27/h6-10,13-14,26H,2-5,11-12H2,1H3. The van der Waals surface area contributed by atoms with Crippen LogP contribution in [0.1, 0.15) is 41.9 Å². The minimum atomic E-state index is -4.00. The lowest BCUT2D eigenvalue weighted by atomic mass is 10.1. The van der Waals surface area contributed by atoms with Gasteiger partial charge < -0.3 is 9.42 Å². The van der Waals surface area contributed by atoms with Gasteiger partial charge in [0.05, 0.1) is 10.6 Å². The van der Waals surface area contributed by atoms with E-state index in [9.17, 15) is 17.6 Å². The lowest BCUT2D eigenvalue weighted by molar-refractivity contribution is 0.0711. The fraction of sp³-hybridized carbons (Fsp3) is 0.318. The fourth-order valence-corrected chi connectivity index (χ4v) is 4.95. The Balaban J connectivity index is 1.59. The van der Waals surface area contributed by atoms with Crippen LogP contribution < -0.4 is 4.72 Å². The molecule has 2 aromatic carbocycles. The Kier molecular flexibility index (Phi) is 6.22. The van der Waals surface area contributed by atoms with E-state index >= 15 is 0 Å². The molecule has 1 fully saturated rings. The van der Waals surface area contributed by atoms with Crippen molar-refractivity contribution in [3.63, 3.8) is 0 Å². The van der Waals surface area contributed by atoms with Crippen molar-refractivity contribution < 1.29 is 22.1 Å². The van der Waals surface area contributed by atoms with Crippen molar-refractivity contribution in [2.45, 2.75) is 37.5 Å². The monoisotopic (exact) mass is 458 g/mol. The molecular weight excluding hydrogens is 435 g/mol. The van der Waals surface area contributed by atoms with Crippen molar-refractivity contribution >= 4 is 21.6 Å². The third-order valence-electron chi connectivity index (χ3n) is 5.31. The number of halogens is 1. The number of aromatic nitrogens is 2. The Labute approximate surface area is 185 Å². The van der Waals surface area contributed by atoms with Gasteiger partial charge in [-0.2, -0.15) is 4.98 Å². The van der Waals surface area contributed by atoms with Crippen molar-refractivity contribution in [2.75, 3.05) is 17.8 Å². The highest BCUT2D eigenvalue weighted by molar-refractivity contribution is 7.92. The maximum atomic E-state index is 13.4. The van der Waals surface area contributed by atoms with Crippen molar-refractivity contribution in [1.82, 2.24) is 15.0 Å². The highest BCUT2D eigenvalue weighted by atomic mass is 32.2. The number of nitrogens with zero attached hydrogens (tertiary/aromatic N) is 3. The molecule has 0 radical (unpaired) electrons. The molecular formula is C22H23FN4O4S. The lowest BCUT2D eigenvalue weighted by Crippen LogP contribution is -2.32. The van der Waals surface area contributed by atoms with Crippen LogP contribution >= 0.6 is 0 Å². The number of anilines is 1. The van der Waals surface area contributed by atoms with Gasteiger partial charge >= 0.3 is 11.8 Å². The smallest absolute Gasteiger partial charge is 0.316 e. The highest BCUT2D eigenvalue weighted by Crippen LogP contribution is 2.26. The summed E-state index contributed by atoms with van der Waals surface area (Å²) >= 11 is 0. The number of nitrogens with one attached hydrogen (secondary N) is 1. The van der Waals surface area contributed by atoms with Gasteiger partial charge in [-0.1, -0.05) is 36.2 Å². The summed E-state index contributed by atoms with van der Waals surface area (Å²) in [4.78, 5) is 18.6. The van der Waals surface area contributed by atoms with Crippen LogP contribution in [0.4, 0.5) is 10.1 Å². The average molecular weight is 459 g/mol. The van der Waals surface area contributed by atoms with Crippen molar-refractivity contribution in [1.29, 1.82) is 0 Å². The molecule has 0 saturated carbocycles. The van der Waals surface area contributed by atoms with Crippen LogP contribution in [0.3, 0.4) is 0 Å². The molecule has 3 aromatic rings. The van der Waals surface area contributed by atoms with E-state index in [1.807, 2.05) is 0 Å². The quantitative estimate of drug-likeness (QED) is 0.620. The van der Waals surface area contributed by atoms with Gasteiger partial charge in [-0.3, -0.25) is 9.52 Å². The summed E-state index contributed by atoms with van der Waals surface area (Å²) in [5.41, 5.74) is 0.982. The van der Waals surface area contributed by atoms with Crippen molar-refractivity contribution in [2.24, 2.45) is 0 Å². The molecule has 1 saturated heterocycles. The van der Waals surface area contributed by atoms with Gasteiger partial charge in [0.1, 0.15) is 5.82 Å². The Morgan fingerprint density at radius 2 is 1.84 bits per heavy atom. The highest BCUT2D eigenvalue weighted by Gasteiger charge is 2.24. The summed E-state index contributed by atoms with van der Waals surface area (Å²) < 4.78 is 46.8. The third kappa shape index (κ3) is 4.80. The summed E-state index contributed by atoms with van der Waals surface area (Å²) in [5, 5.41) is 3.88. The van der Waals surface area contributed by atoms with Gasteiger partial charge in [-0.15, -0.1) is 0 Å². The first-order chi connectivity index (χ1) is 15.3. The number of hydrogen-bond acceptors (Lipinski definition) is 6. The maximum Gasteiger partial charge on any atom is 0.316 e. The predicted molar refractivity (Wildman–Crippen MR) is 116 cm³/mol. The molecule has 1 aromatic heterocycles. The summed E-state index contributed by atoms with van der Waals surface area (Å²) in [7, 11) is -4.00. The molecule has 1 amide bonds. The maximum absolute atomic E-state index is 13.4. The van der Waals surface area contributed by atoms with Gasteiger partial charge in [0.2, 0.25) is 5.82 Å².